The normalized spacial score (nSPS) is 14.0. The first-order valence-electron chi connectivity index (χ1n) is 7.23. The molecule has 0 spiro atoms. The summed E-state index contributed by atoms with van der Waals surface area (Å²) in [6, 6.07) is 0. The van der Waals surface area contributed by atoms with E-state index in [0.717, 1.165) is 25.8 Å². The molecule has 21 heavy (non-hydrogen) atoms. The molecule has 3 N–H and O–H groups in total. The lowest BCUT2D eigenvalue weighted by atomic mass is 10.0. The third kappa shape index (κ3) is 6.65. The molecular weight excluding hydrogens is 276 g/mol. The number of hydrogen-bond acceptors (Lipinski definition) is 6. The van der Waals surface area contributed by atoms with E-state index in [1.807, 2.05) is 0 Å². The summed E-state index contributed by atoms with van der Waals surface area (Å²) in [4.78, 5) is 10.0. The Hall–Kier alpha value is -1.51. The first-order chi connectivity index (χ1) is 10.1. The summed E-state index contributed by atoms with van der Waals surface area (Å²) in [6.45, 7) is 3.61. The van der Waals surface area contributed by atoms with E-state index in [1.54, 1.807) is 0 Å². The van der Waals surface area contributed by atoms with Crippen molar-refractivity contribution in [3.63, 3.8) is 0 Å². The third-order valence-electron chi connectivity index (χ3n) is 3.28. The SMILES string of the molecule is CCCC(CCO)CNCC(O)Cn1cc([N+](=O)[O-])cn1. The number of rotatable bonds is 11. The minimum atomic E-state index is -0.666. The van der Waals surface area contributed by atoms with Crippen molar-refractivity contribution in [1.29, 1.82) is 0 Å². The molecule has 2 unspecified atom stereocenters. The first kappa shape index (κ1) is 17.5. The van der Waals surface area contributed by atoms with Crippen LogP contribution in [-0.4, -0.2) is 50.7 Å². The van der Waals surface area contributed by atoms with Crippen LogP contribution in [0.3, 0.4) is 0 Å². The quantitative estimate of drug-likeness (QED) is 0.406. The fourth-order valence-corrected chi connectivity index (χ4v) is 2.22. The van der Waals surface area contributed by atoms with Crippen molar-refractivity contribution < 1.29 is 15.1 Å². The largest absolute Gasteiger partial charge is 0.396 e. The summed E-state index contributed by atoms with van der Waals surface area (Å²) in [7, 11) is 0. The van der Waals surface area contributed by atoms with Gasteiger partial charge >= 0.3 is 5.69 Å². The molecule has 1 rings (SSSR count). The highest BCUT2D eigenvalue weighted by Gasteiger charge is 2.12. The summed E-state index contributed by atoms with van der Waals surface area (Å²) in [5, 5.41) is 36.4. The number of aliphatic hydroxyl groups is 2. The van der Waals surface area contributed by atoms with E-state index in [9.17, 15) is 15.2 Å². The molecule has 0 aliphatic rings. The van der Waals surface area contributed by atoms with Gasteiger partial charge in [0.2, 0.25) is 0 Å². The zero-order chi connectivity index (χ0) is 15.7. The van der Waals surface area contributed by atoms with E-state index in [1.165, 1.54) is 17.1 Å². The van der Waals surface area contributed by atoms with Gasteiger partial charge < -0.3 is 15.5 Å². The Morgan fingerprint density at radius 2 is 2.24 bits per heavy atom. The highest BCUT2D eigenvalue weighted by Crippen LogP contribution is 2.10. The Kier molecular flexibility index (Phi) is 7.88. The van der Waals surface area contributed by atoms with Crippen molar-refractivity contribution >= 4 is 5.69 Å². The van der Waals surface area contributed by atoms with Gasteiger partial charge in [-0.15, -0.1) is 0 Å². The molecule has 2 atom stereocenters. The number of aromatic nitrogens is 2. The molecular formula is C13H24N4O4. The summed E-state index contributed by atoms with van der Waals surface area (Å²) in [6.07, 6.45) is 4.65. The van der Waals surface area contributed by atoms with Crippen LogP contribution in [0, 0.1) is 16.0 Å². The van der Waals surface area contributed by atoms with E-state index in [-0.39, 0.29) is 18.8 Å². The molecule has 8 nitrogen and oxygen atoms in total. The molecule has 0 bridgehead atoms. The fraction of sp³-hybridized carbons (Fsp3) is 0.769. The topological polar surface area (TPSA) is 113 Å². The molecule has 0 aliphatic heterocycles. The first-order valence-corrected chi connectivity index (χ1v) is 7.23. The summed E-state index contributed by atoms with van der Waals surface area (Å²) >= 11 is 0. The lowest BCUT2D eigenvalue weighted by Crippen LogP contribution is -2.33. The second-order valence-electron chi connectivity index (χ2n) is 5.16. The lowest BCUT2D eigenvalue weighted by molar-refractivity contribution is -0.385. The fourth-order valence-electron chi connectivity index (χ4n) is 2.22. The maximum atomic E-state index is 10.5. The van der Waals surface area contributed by atoms with Crippen molar-refractivity contribution in [3.8, 4) is 0 Å². The second-order valence-corrected chi connectivity index (χ2v) is 5.16. The Morgan fingerprint density at radius 3 is 2.81 bits per heavy atom. The monoisotopic (exact) mass is 300 g/mol. The van der Waals surface area contributed by atoms with Crippen LogP contribution < -0.4 is 5.32 Å². The predicted octanol–water partition coefficient (Wildman–Crippen LogP) is 0.540. The number of aliphatic hydroxyl groups excluding tert-OH is 2. The van der Waals surface area contributed by atoms with Crippen molar-refractivity contribution in [2.75, 3.05) is 19.7 Å². The van der Waals surface area contributed by atoms with Crippen molar-refractivity contribution in [2.24, 2.45) is 5.92 Å². The molecule has 1 aromatic heterocycles. The van der Waals surface area contributed by atoms with Gasteiger partial charge in [-0.3, -0.25) is 14.8 Å². The Labute approximate surface area is 123 Å². The summed E-state index contributed by atoms with van der Waals surface area (Å²) < 4.78 is 1.36. The zero-order valence-corrected chi connectivity index (χ0v) is 12.3. The number of nitro groups is 1. The van der Waals surface area contributed by atoms with Gasteiger partial charge in [-0.1, -0.05) is 13.3 Å². The van der Waals surface area contributed by atoms with Crippen LogP contribution in [0.2, 0.25) is 0 Å². The van der Waals surface area contributed by atoms with Gasteiger partial charge in [0.1, 0.15) is 12.4 Å². The third-order valence-corrected chi connectivity index (χ3v) is 3.28. The summed E-state index contributed by atoms with van der Waals surface area (Å²) in [5.41, 5.74) is -0.0823. The number of hydrogen-bond donors (Lipinski definition) is 3. The molecule has 0 aromatic carbocycles. The molecule has 0 aliphatic carbocycles. The van der Waals surface area contributed by atoms with Crippen molar-refractivity contribution in [2.45, 2.75) is 38.8 Å². The van der Waals surface area contributed by atoms with Gasteiger partial charge in [-0.25, -0.2) is 0 Å². The van der Waals surface area contributed by atoms with E-state index in [0.29, 0.717) is 12.5 Å². The Balaban J connectivity index is 2.29. The zero-order valence-electron chi connectivity index (χ0n) is 12.3. The lowest BCUT2D eigenvalue weighted by Gasteiger charge is -2.17. The van der Waals surface area contributed by atoms with Crippen molar-refractivity contribution in [1.82, 2.24) is 15.1 Å². The Morgan fingerprint density at radius 1 is 1.48 bits per heavy atom. The van der Waals surface area contributed by atoms with Gasteiger partial charge in [0.15, 0.2) is 0 Å². The molecule has 8 heteroatoms. The Bertz CT molecular complexity index is 418. The van der Waals surface area contributed by atoms with Gasteiger partial charge in [0.05, 0.1) is 17.6 Å². The van der Waals surface area contributed by atoms with E-state index in [4.69, 9.17) is 5.11 Å². The van der Waals surface area contributed by atoms with Gasteiger partial charge in [-0.2, -0.15) is 5.10 Å². The van der Waals surface area contributed by atoms with Gasteiger partial charge in [-0.05, 0) is 25.3 Å². The highest BCUT2D eigenvalue weighted by molar-refractivity contribution is 5.20. The smallest absolute Gasteiger partial charge is 0.306 e. The average Bonchev–Trinajstić information content (AvgIpc) is 2.88. The number of nitrogens with zero attached hydrogens (tertiary/aromatic N) is 3. The minimum absolute atomic E-state index is 0.0823. The molecule has 0 fully saturated rings. The second kappa shape index (κ2) is 9.43. The van der Waals surface area contributed by atoms with Crippen LogP contribution in [0.15, 0.2) is 12.4 Å². The molecule has 0 amide bonds. The molecule has 1 aromatic rings. The van der Waals surface area contributed by atoms with Crippen molar-refractivity contribution in [3.05, 3.63) is 22.5 Å². The highest BCUT2D eigenvalue weighted by atomic mass is 16.6. The maximum Gasteiger partial charge on any atom is 0.306 e. The van der Waals surface area contributed by atoms with Gasteiger partial charge in [0.25, 0.3) is 0 Å². The van der Waals surface area contributed by atoms with E-state index < -0.39 is 11.0 Å². The van der Waals surface area contributed by atoms with Crippen LogP contribution in [0.25, 0.3) is 0 Å². The molecule has 0 saturated carbocycles. The molecule has 0 radical (unpaired) electrons. The van der Waals surface area contributed by atoms with Crippen LogP contribution in [0.5, 0.6) is 0 Å². The van der Waals surface area contributed by atoms with Crippen LogP contribution in [0.1, 0.15) is 26.2 Å². The minimum Gasteiger partial charge on any atom is -0.396 e. The maximum absolute atomic E-state index is 10.5. The number of nitrogens with one attached hydrogen (secondary N) is 1. The van der Waals surface area contributed by atoms with Crippen LogP contribution in [0.4, 0.5) is 5.69 Å². The van der Waals surface area contributed by atoms with Crippen LogP contribution in [-0.2, 0) is 6.54 Å². The summed E-state index contributed by atoms with van der Waals surface area (Å²) in [5.74, 6) is 0.401. The average molecular weight is 300 g/mol. The van der Waals surface area contributed by atoms with Crippen LogP contribution >= 0.6 is 0 Å². The van der Waals surface area contributed by atoms with E-state index in [2.05, 4.69) is 17.3 Å². The van der Waals surface area contributed by atoms with Gasteiger partial charge in [0, 0.05) is 13.2 Å². The molecule has 1 heterocycles. The molecule has 120 valence electrons. The van der Waals surface area contributed by atoms with E-state index >= 15 is 0 Å². The predicted molar refractivity (Wildman–Crippen MR) is 77.9 cm³/mol. The molecule has 0 saturated heterocycles. The standard InChI is InChI=1S/C13H24N4O4/c1-2-3-11(4-5-18)6-14-8-13(19)10-16-9-12(7-15-16)17(20)21/h7,9,11,13-14,18-19H,2-6,8,10H2,1H3.